The lowest BCUT2D eigenvalue weighted by Crippen LogP contribution is -2.49. The van der Waals surface area contributed by atoms with Gasteiger partial charge < -0.3 is 10.2 Å². The van der Waals surface area contributed by atoms with Gasteiger partial charge >= 0.3 is 0 Å². The van der Waals surface area contributed by atoms with Gasteiger partial charge in [-0.05, 0) is 53.2 Å². The Morgan fingerprint density at radius 2 is 1.58 bits per heavy atom. The van der Waals surface area contributed by atoms with E-state index in [0.29, 0.717) is 38.3 Å². The van der Waals surface area contributed by atoms with Gasteiger partial charge in [0.1, 0.15) is 0 Å². The van der Waals surface area contributed by atoms with Crippen molar-refractivity contribution in [2.24, 2.45) is 0 Å². The van der Waals surface area contributed by atoms with Crippen molar-refractivity contribution in [2.75, 3.05) is 36.4 Å². The van der Waals surface area contributed by atoms with Gasteiger partial charge in [0.15, 0.2) is 5.82 Å². The summed E-state index contributed by atoms with van der Waals surface area (Å²) in [5.41, 5.74) is 2.38. The van der Waals surface area contributed by atoms with E-state index in [4.69, 9.17) is 0 Å². The first kappa shape index (κ1) is 23.9. The first-order valence-electron chi connectivity index (χ1n) is 11.9. The van der Waals surface area contributed by atoms with E-state index in [1.165, 1.54) is 21.8 Å². The predicted octanol–water partition coefficient (Wildman–Crippen LogP) is 4.16. The Balaban J connectivity index is 1.23. The molecular weight excluding hydrogens is 474 g/mol. The fourth-order valence-electron chi connectivity index (χ4n) is 4.26. The van der Waals surface area contributed by atoms with Gasteiger partial charge in [-0.15, -0.1) is 10.2 Å². The zero-order valence-electron chi connectivity index (χ0n) is 20.0. The molecule has 0 bridgehead atoms. The van der Waals surface area contributed by atoms with Crippen molar-refractivity contribution in [2.45, 2.75) is 18.2 Å². The zero-order chi connectivity index (χ0) is 25.1. The van der Waals surface area contributed by atoms with Gasteiger partial charge in [-0.25, -0.2) is 8.42 Å². The summed E-state index contributed by atoms with van der Waals surface area (Å²) in [6.07, 6.45) is 0.362. The number of anilines is 2. The third-order valence-corrected chi connectivity index (χ3v) is 8.27. The Kier molecular flexibility index (Phi) is 6.67. The fraction of sp³-hybridized carbons (Fsp3) is 0.222. The Morgan fingerprint density at radius 1 is 0.861 bits per heavy atom. The van der Waals surface area contributed by atoms with Gasteiger partial charge in [0, 0.05) is 43.9 Å². The normalized spacial score (nSPS) is 14.6. The molecule has 2 heterocycles. The van der Waals surface area contributed by atoms with Crippen LogP contribution >= 0.6 is 0 Å². The molecule has 1 aromatic heterocycles. The lowest BCUT2D eigenvalue weighted by atomic mass is 10.1. The average molecular weight is 502 g/mol. The quantitative estimate of drug-likeness (QED) is 0.426. The van der Waals surface area contributed by atoms with Crippen molar-refractivity contribution < 1.29 is 13.2 Å². The number of carbonyl (C=O) groups is 1. The summed E-state index contributed by atoms with van der Waals surface area (Å²) in [4.78, 5) is 13.8. The van der Waals surface area contributed by atoms with Crippen LogP contribution in [0, 0.1) is 0 Å². The Bertz CT molecular complexity index is 1480. The molecule has 1 amide bonds. The Morgan fingerprint density at radius 3 is 2.25 bits per heavy atom. The third kappa shape index (κ3) is 4.93. The highest BCUT2D eigenvalue weighted by Crippen LogP contribution is 2.25. The number of amides is 1. The second-order valence-electron chi connectivity index (χ2n) is 8.66. The molecule has 36 heavy (non-hydrogen) atoms. The number of hydrogen-bond acceptors (Lipinski definition) is 6. The predicted molar refractivity (Wildman–Crippen MR) is 141 cm³/mol. The summed E-state index contributed by atoms with van der Waals surface area (Å²) in [5, 5.41) is 13.9. The van der Waals surface area contributed by atoms with Crippen molar-refractivity contribution in [1.82, 2.24) is 14.5 Å². The highest BCUT2D eigenvalue weighted by molar-refractivity contribution is 7.89. The number of rotatable bonds is 6. The average Bonchev–Trinajstić information content (AvgIpc) is 2.93. The maximum absolute atomic E-state index is 13.1. The molecule has 0 aliphatic carbocycles. The SMILES string of the molecule is CCC(=O)Nc1ccc(S(=O)(=O)N2CCN(c3ccc(-c4ccc5ccccc5c4)nn3)CC2)cc1. The van der Waals surface area contributed by atoms with Gasteiger partial charge in [-0.1, -0.05) is 43.3 Å². The van der Waals surface area contributed by atoms with Crippen molar-refractivity contribution in [1.29, 1.82) is 0 Å². The highest BCUT2D eigenvalue weighted by atomic mass is 32.2. The van der Waals surface area contributed by atoms with Crippen LogP contribution in [-0.2, 0) is 14.8 Å². The monoisotopic (exact) mass is 501 g/mol. The van der Waals surface area contributed by atoms with Crippen LogP contribution in [-0.4, -0.2) is 55.0 Å². The summed E-state index contributed by atoms with van der Waals surface area (Å²) in [5.74, 6) is 0.614. The van der Waals surface area contributed by atoms with Crippen LogP contribution in [0.4, 0.5) is 11.5 Å². The molecule has 1 N–H and O–H groups in total. The number of sulfonamides is 1. The van der Waals surface area contributed by atoms with Crippen LogP contribution in [0.15, 0.2) is 83.8 Å². The number of nitrogens with one attached hydrogen (secondary N) is 1. The molecule has 184 valence electrons. The first-order valence-corrected chi connectivity index (χ1v) is 13.4. The number of hydrogen-bond donors (Lipinski definition) is 1. The molecule has 8 nitrogen and oxygen atoms in total. The molecule has 0 saturated carbocycles. The standard InChI is InChI=1S/C27H27N5O3S/c1-2-27(33)28-23-9-11-24(12-10-23)36(34,35)32-17-15-31(16-18-32)26-14-13-25(29-30-26)22-8-7-20-5-3-4-6-21(20)19-22/h3-14,19H,2,15-18H2,1H3,(H,28,33). The molecule has 1 aliphatic heterocycles. The number of nitrogens with zero attached hydrogens (tertiary/aromatic N) is 4. The van der Waals surface area contributed by atoms with Crippen molar-refractivity contribution in [3.05, 3.63) is 78.9 Å². The molecule has 5 rings (SSSR count). The second kappa shape index (κ2) is 10.0. The number of aromatic nitrogens is 2. The van der Waals surface area contributed by atoms with Crippen LogP contribution in [0.1, 0.15) is 13.3 Å². The maximum atomic E-state index is 13.1. The number of carbonyl (C=O) groups excluding carboxylic acids is 1. The van der Waals surface area contributed by atoms with Gasteiger partial charge in [0.2, 0.25) is 15.9 Å². The summed E-state index contributed by atoms with van der Waals surface area (Å²) >= 11 is 0. The largest absolute Gasteiger partial charge is 0.352 e. The van der Waals surface area contributed by atoms with Crippen LogP contribution in [0.3, 0.4) is 0 Å². The molecule has 9 heteroatoms. The van der Waals surface area contributed by atoms with E-state index >= 15 is 0 Å². The maximum Gasteiger partial charge on any atom is 0.243 e. The molecule has 1 fully saturated rings. The molecule has 1 saturated heterocycles. The first-order chi connectivity index (χ1) is 17.4. The summed E-state index contributed by atoms with van der Waals surface area (Å²) in [6.45, 7) is 3.51. The van der Waals surface area contributed by atoms with E-state index in [9.17, 15) is 13.2 Å². The molecule has 0 radical (unpaired) electrons. The molecule has 0 unspecified atom stereocenters. The minimum Gasteiger partial charge on any atom is -0.352 e. The van der Waals surface area contributed by atoms with Crippen LogP contribution < -0.4 is 10.2 Å². The summed E-state index contributed by atoms with van der Waals surface area (Å²) < 4.78 is 27.7. The van der Waals surface area contributed by atoms with Crippen LogP contribution in [0.25, 0.3) is 22.0 Å². The van der Waals surface area contributed by atoms with Gasteiger partial charge in [-0.3, -0.25) is 4.79 Å². The summed E-state index contributed by atoms with van der Waals surface area (Å²) in [7, 11) is -3.62. The molecule has 3 aromatic carbocycles. The van der Waals surface area contributed by atoms with E-state index in [2.05, 4.69) is 39.8 Å². The molecule has 0 spiro atoms. The van der Waals surface area contributed by atoms with E-state index in [1.54, 1.807) is 19.1 Å². The topological polar surface area (TPSA) is 95.5 Å². The fourth-order valence-corrected chi connectivity index (χ4v) is 5.68. The minimum atomic E-state index is -3.62. The molecule has 4 aromatic rings. The molecular formula is C27H27N5O3S. The molecule has 0 atom stereocenters. The van der Waals surface area contributed by atoms with E-state index in [0.717, 1.165) is 22.5 Å². The van der Waals surface area contributed by atoms with Crippen LogP contribution in [0.5, 0.6) is 0 Å². The lowest BCUT2D eigenvalue weighted by Gasteiger charge is -2.34. The number of fused-ring (bicyclic) bond motifs is 1. The van der Waals surface area contributed by atoms with Crippen molar-refractivity contribution >= 4 is 38.2 Å². The summed E-state index contributed by atoms with van der Waals surface area (Å²) in [6, 6.07) is 24.6. The lowest BCUT2D eigenvalue weighted by molar-refractivity contribution is -0.115. The van der Waals surface area contributed by atoms with Crippen molar-refractivity contribution in [3.8, 4) is 11.3 Å². The van der Waals surface area contributed by atoms with Gasteiger partial charge in [0.05, 0.1) is 10.6 Å². The zero-order valence-corrected chi connectivity index (χ0v) is 20.8. The number of piperazine rings is 1. The van der Waals surface area contributed by atoms with Gasteiger partial charge in [-0.2, -0.15) is 4.31 Å². The number of benzene rings is 3. The van der Waals surface area contributed by atoms with E-state index < -0.39 is 10.0 Å². The second-order valence-corrected chi connectivity index (χ2v) is 10.6. The molecule has 1 aliphatic rings. The third-order valence-electron chi connectivity index (χ3n) is 6.36. The van der Waals surface area contributed by atoms with E-state index in [-0.39, 0.29) is 10.8 Å². The Hall–Kier alpha value is -3.82. The highest BCUT2D eigenvalue weighted by Gasteiger charge is 2.29. The van der Waals surface area contributed by atoms with Crippen molar-refractivity contribution in [3.63, 3.8) is 0 Å². The minimum absolute atomic E-state index is 0.116. The Labute approximate surface area is 210 Å². The van der Waals surface area contributed by atoms with E-state index in [1.807, 2.05) is 35.2 Å². The van der Waals surface area contributed by atoms with Gasteiger partial charge in [0.25, 0.3) is 0 Å². The smallest absolute Gasteiger partial charge is 0.243 e. The van der Waals surface area contributed by atoms with Crippen LogP contribution in [0.2, 0.25) is 0 Å².